The van der Waals surface area contributed by atoms with E-state index in [1.54, 1.807) is 0 Å². The van der Waals surface area contributed by atoms with E-state index < -0.39 is 5.92 Å². The highest BCUT2D eigenvalue weighted by molar-refractivity contribution is 7.17. The molecule has 0 saturated heterocycles. The summed E-state index contributed by atoms with van der Waals surface area (Å²) in [5.41, 5.74) is 1.45. The molecule has 2 heterocycles. The molecule has 174 valence electrons. The van der Waals surface area contributed by atoms with Crippen LogP contribution in [-0.4, -0.2) is 41.8 Å². The second kappa shape index (κ2) is 9.64. The van der Waals surface area contributed by atoms with Crippen LogP contribution < -0.4 is 20.1 Å². The molecule has 0 fully saturated rings. The Bertz CT molecular complexity index is 1230. The molecular weight excluding hydrogens is 454 g/mol. The number of fused-ring (bicyclic) bond motifs is 2. The summed E-state index contributed by atoms with van der Waals surface area (Å²) in [6.45, 7) is 0.617. The van der Waals surface area contributed by atoms with Crippen LogP contribution >= 0.6 is 11.3 Å². The van der Waals surface area contributed by atoms with Gasteiger partial charge in [0.1, 0.15) is 12.7 Å². The third-order valence-corrected chi connectivity index (χ3v) is 6.77. The maximum Gasteiger partial charge on any atom is 0.230 e. The molecule has 9 heteroatoms. The van der Waals surface area contributed by atoms with E-state index in [-0.39, 0.29) is 43.1 Å². The van der Waals surface area contributed by atoms with Crippen molar-refractivity contribution in [2.45, 2.75) is 25.4 Å². The number of hydrogen-bond donors (Lipinski definition) is 2. The lowest BCUT2D eigenvalue weighted by atomic mass is 9.89. The second-order valence-electron chi connectivity index (χ2n) is 8.28. The van der Waals surface area contributed by atoms with Gasteiger partial charge in [0.2, 0.25) is 11.8 Å². The Balaban J connectivity index is 1.16. The van der Waals surface area contributed by atoms with Crippen molar-refractivity contribution in [3.63, 3.8) is 0 Å². The number of ether oxygens (including phenoxy) is 2. The van der Waals surface area contributed by atoms with Crippen LogP contribution in [0.1, 0.15) is 27.3 Å². The van der Waals surface area contributed by atoms with Crippen molar-refractivity contribution in [1.29, 1.82) is 0 Å². The Hall–Kier alpha value is -3.72. The number of nitrogens with zero attached hydrogens (tertiary/aromatic N) is 1. The minimum absolute atomic E-state index is 0.114. The van der Waals surface area contributed by atoms with E-state index >= 15 is 0 Å². The van der Waals surface area contributed by atoms with E-state index in [1.165, 1.54) is 0 Å². The zero-order valence-corrected chi connectivity index (χ0v) is 19.1. The number of Topliss-reactive ketones (excluding diaryl/α,β-unsaturated/α-hetero) is 1. The first-order valence-corrected chi connectivity index (χ1v) is 11.9. The zero-order chi connectivity index (χ0) is 23.5. The van der Waals surface area contributed by atoms with Gasteiger partial charge >= 0.3 is 0 Å². The largest absolute Gasteiger partial charge is 0.486 e. The number of carbonyl (C=O) groups excluding carboxylic acids is 3. The van der Waals surface area contributed by atoms with Gasteiger partial charge in [0.15, 0.2) is 22.4 Å². The van der Waals surface area contributed by atoms with Crippen molar-refractivity contribution in [3.8, 4) is 11.5 Å². The molecule has 2 aromatic carbocycles. The highest BCUT2D eigenvalue weighted by Gasteiger charge is 2.33. The first kappa shape index (κ1) is 22.1. The summed E-state index contributed by atoms with van der Waals surface area (Å²) >= 11 is 1.16. The van der Waals surface area contributed by atoms with Crippen LogP contribution in [0.25, 0.3) is 0 Å². The number of carbonyl (C=O) groups is 3. The van der Waals surface area contributed by atoms with Crippen molar-refractivity contribution < 1.29 is 23.9 Å². The first-order valence-electron chi connectivity index (χ1n) is 11.1. The van der Waals surface area contributed by atoms with Crippen LogP contribution in [0.5, 0.6) is 11.5 Å². The van der Waals surface area contributed by atoms with E-state index in [0.717, 1.165) is 16.9 Å². The van der Waals surface area contributed by atoms with Gasteiger partial charge in [-0.3, -0.25) is 14.4 Å². The Kier molecular flexibility index (Phi) is 6.27. The van der Waals surface area contributed by atoms with Gasteiger partial charge < -0.3 is 20.1 Å². The quantitative estimate of drug-likeness (QED) is 0.565. The summed E-state index contributed by atoms with van der Waals surface area (Å²) in [5, 5.41) is 6.04. The van der Waals surface area contributed by atoms with Crippen molar-refractivity contribution in [3.05, 3.63) is 70.7 Å². The lowest BCUT2D eigenvalue weighted by Gasteiger charge is -2.27. The van der Waals surface area contributed by atoms with E-state index in [1.807, 2.05) is 54.6 Å². The summed E-state index contributed by atoms with van der Waals surface area (Å²) in [6, 6.07) is 16.8. The first-order chi connectivity index (χ1) is 16.5. The number of amides is 2. The molecular formula is C25H23N3O5S. The van der Waals surface area contributed by atoms with Crippen LogP contribution in [0, 0.1) is 5.92 Å². The molecule has 8 nitrogen and oxygen atoms in total. The molecule has 2 atom stereocenters. The molecule has 1 aliphatic heterocycles. The Morgan fingerprint density at radius 1 is 1.03 bits per heavy atom. The molecule has 5 rings (SSSR count). The van der Waals surface area contributed by atoms with Gasteiger partial charge in [-0.2, -0.15) is 0 Å². The number of hydrogen-bond acceptors (Lipinski definition) is 7. The molecule has 0 radical (unpaired) electrons. The third-order valence-electron chi connectivity index (χ3n) is 5.72. The van der Waals surface area contributed by atoms with Gasteiger partial charge in [-0.15, -0.1) is 0 Å². The monoisotopic (exact) mass is 477 g/mol. The van der Waals surface area contributed by atoms with Gasteiger partial charge in [-0.25, -0.2) is 4.98 Å². The van der Waals surface area contributed by atoms with Crippen LogP contribution in [0.15, 0.2) is 54.6 Å². The Morgan fingerprint density at radius 3 is 2.62 bits per heavy atom. The number of benzene rings is 2. The predicted molar refractivity (Wildman–Crippen MR) is 126 cm³/mol. The standard InChI is InChI=1S/C25H23N3O5S/c29-19-12-16(24(31)26-13-17-14-32-20-8-4-5-9-21(20)33-17)11-18-23(19)34-25(27-18)28-22(30)10-15-6-2-1-3-7-15/h1-9,16-17H,10-14H2,(H,26,31)(H,27,28,30). The topological polar surface area (TPSA) is 107 Å². The number of aromatic nitrogens is 1. The normalized spacial score (nSPS) is 18.6. The third kappa shape index (κ3) is 4.94. The van der Waals surface area contributed by atoms with Crippen molar-refractivity contribution in [2.75, 3.05) is 18.5 Å². The molecule has 1 aromatic heterocycles. The number of nitrogens with one attached hydrogen (secondary N) is 2. The lowest BCUT2D eigenvalue weighted by molar-refractivity contribution is -0.125. The minimum Gasteiger partial charge on any atom is -0.486 e. The fourth-order valence-corrected chi connectivity index (χ4v) is 4.99. The second-order valence-corrected chi connectivity index (χ2v) is 9.28. The zero-order valence-electron chi connectivity index (χ0n) is 18.3. The average Bonchev–Trinajstić information content (AvgIpc) is 3.25. The van der Waals surface area contributed by atoms with Crippen LogP contribution in [0.3, 0.4) is 0 Å². The fraction of sp³-hybridized carbons (Fsp3) is 0.280. The number of thiazole rings is 1. The molecule has 0 spiro atoms. The van der Waals surface area contributed by atoms with Crippen LogP contribution in [-0.2, 0) is 22.4 Å². The van der Waals surface area contributed by atoms with E-state index in [0.29, 0.717) is 40.2 Å². The summed E-state index contributed by atoms with van der Waals surface area (Å²) < 4.78 is 11.5. The number of ketones is 1. The Morgan fingerprint density at radius 2 is 1.79 bits per heavy atom. The highest BCUT2D eigenvalue weighted by atomic mass is 32.1. The molecule has 2 amide bonds. The molecule has 0 saturated carbocycles. The van der Waals surface area contributed by atoms with Gasteiger partial charge in [-0.05, 0) is 17.7 Å². The predicted octanol–water partition coefficient (Wildman–Crippen LogP) is 3.03. The summed E-state index contributed by atoms with van der Waals surface area (Å²) in [6.07, 6.45) is 0.382. The van der Waals surface area contributed by atoms with Crippen molar-refractivity contribution >= 4 is 34.1 Å². The summed E-state index contributed by atoms with van der Waals surface area (Å²) in [7, 11) is 0. The number of anilines is 1. The van der Waals surface area contributed by atoms with E-state index in [4.69, 9.17) is 9.47 Å². The van der Waals surface area contributed by atoms with Crippen LogP contribution in [0.4, 0.5) is 5.13 Å². The molecule has 2 unspecified atom stereocenters. The number of rotatable bonds is 6. The molecule has 1 aliphatic carbocycles. The van der Waals surface area contributed by atoms with Crippen molar-refractivity contribution in [1.82, 2.24) is 10.3 Å². The van der Waals surface area contributed by atoms with Gasteiger partial charge in [0.25, 0.3) is 0 Å². The summed E-state index contributed by atoms with van der Waals surface area (Å²) in [4.78, 5) is 42.7. The van der Waals surface area contributed by atoms with Crippen molar-refractivity contribution in [2.24, 2.45) is 5.92 Å². The Labute approximate surface area is 200 Å². The summed E-state index contributed by atoms with van der Waals surface area (Å²) in [5.74, 6) is 0.278. The molecule has 2 N–H and O–H groups in total. The van der Waals surface area contributed by atoms with E-state index in [2.05, 4.69) is 15.6 Å². The average molecular weight is 478 g/mol. The highest BCUT2D eigenvalue weighted by Crippen LogP contribution is 2.33. The maximum absolute atomic E-state index is 12.8. The number of para-hydroxylation sites is 2. The molecule has 3 aromatic rings. The molecule has 34 heavy (non-hydrogen) atoms. The molecule has 2 aliphatic rings. The van der Waals surface area contributed by atoms with Gasteiger partial charge in [-0.1, -0.05) is 53.8 Å². The van der Waals surface area contributed by atoms with Gasteiger partial charge in [0, 0.05) is 12.8 Å². The maximum atomic E-state index is 12.8. The lowest BCUT2D eigenvalue weighted by Crippen LogP contribution is -2.44. The fourth-order valence-electron chi connectivity index (χ4n) is 4.04. The minimum atomic E-state index is -0.508. The smallest absolute Gasteiger partial charge is 0.230 e. The molecule has 0 bridgehead atoms. The SMILES string of the molecule is O=C(Cc1ccccc1)Nc1nc2c(s1)C(=O)CC(C(=O)NCC1COc3ccccc3O1)C2. The van der Waals surface area contributed by atoms with E-state index in [9.17, 15) is 14.4 Å². The van der Waals surface area contributed by atoms with Crippen LogP contribution in [0.2, 0.25) is 0 Å². The van der Waals surface area contributed by atoms with Gasteiger partial charge in [0.05, 0.1) is 29.5 Å².